The van der Waals surface area contributed by atoms with E-state index in [1.54, 1.807) is 0 Å². The van der Waals surface area contributed by atoms with Gasteiger partial charge in [0.25, 0.3) is 0 Å². The van der Waals surface area contributed by atoms with Gasteiger partial charge in [0.2, 0.25) is 0 Å². The quantitative estimate of drug-likeness (QED) is 0.737. The highest BCUT2D eigenvalue weighted by molar-refractivity contribution is 9.10. The largest absolute Gasteiger partial charge is 0.491 e. The van der Waals surface area contributed by atoms with Gasteiger partial charge in [-0.15, -0.1) is 0 Å². The van der Waals surface area contributed by atoms with Gasteiger partial charge < -0.3 is 15.2 Å². The zero-order valence-corrected chi connectivity index (χ0v) is 14.8. The van der Waals surface area contributed by atoms with Crippen LogP contribution in [0.2, 0.25) is 0 Å². The summed E-state index contributed by atoms with van der Waals surface area (Å²) in [7, 11) is 0. The molecule has 0 aromatic heterocycles. The predicted molar refractivity (Wildman–Crippen MR) is 93.0 cm³/mol. The van der Waals surface area contributed by atoms with Crippen LogP contribution in [-0.2, 0) is 0 Å². The summed E-state index contributed by atoms with van der Waals surface area (Å²) in [6, 6.07) is 13.5. The molecule has 0 aliphatic heterocycles. The number of ether oxygens (including phenoxy) is 1. The summed E-state index contributed by atoms with van der Waals surface area (Å²) in [6.07, 6.45) is -0.572. The molecule has 2 aromatic rings. The predicted octanol–water partition coefficient (Wildman–Crippen LogP) is 4.37. The minimum absolute atomic E-state index is 0.254. The van der Waals surface area contributed by atoms with Gasteiger partial charge >= 0.3 is 0 Å². The topological polar surface area (TPSA) is 41.5 Å². The average Bonchev–Trinajstić information content (AvgIpc) is 2.48. The summed E-state index contributed by atoms with van der Waals surface area (Å²) >= 11 is 6.83. The zero-order valence-electron chi connectivity index (χ0n) is 11.6. The van der Waals surface area contributed by atoms with Gasteiger partial charge in [-0.25, -0.2) is 0 Å². The van der Waals surface area contributed by atoms with Crippen LogP contribution in [0.1, 0.15) is 5.56 Å². The number of hydrogen-bond donors (Lipinski definition) is 2. The summed E-state index contributed by atoms with van der Waals surface area (Å²) in [6.45, 7) is 2.73. The van der Waals surface area contributed by atoms with Crippen LogP contribution in [-0.4, -0.2) is 24.4 Å². The maximum Gasteiger partial charge on any atom is 0.119 e. The van der Waals surface area contributed by atoms with Crippen molar-refractivity contribution in [2.24, 2.45) is 0 Å². The summed E-state index contributed by atoms with van der Waals surface area (Å²) in [5.74, 6) is 0.747. The third kappa shape index (κ3) is 5.34. The summed E-state index contributed by atoms with van der Waals surface area (Å²) in [5, 5.41) is 13.1. The highest BCUT2D eigenvalue weighted by atomic mass is 79.9. The molecule has 0 heterocycles. The number of aliphatic hydroxyl groups excluding tert-OH is 1. The fraction of sp³-hybridized carbons (Fsp3) is 0.250. The fourth-order valence-corrected chi connectivity index (χ4v) is 2.28. The molecule has 2 aromatic carbocycles. The first-order valence-corrected chi connectivity index (χ1v) is 8.19. The molecule has 0 radical (unpaired) electrons. The van der Waals surface area contributed by atoms with Crippen molar-refractivity contribution in [1.29, 1.82) is 0 Å². The molecule has 0 aliphatic carbocycles. The molecule has 0 saturated heterocycles. The lowest BCUT2D eigenvalue weighted by atomic mass is 10.2. The molecular formula is C16H17Br2NO2. The Balaban J connectivity index is 1.77. The number of aryl methyl sites for hydroxylation is 1. The SMILES string of the molecule is Cc1cc(NCC(O)COc2ccc(Br)cc2)ccc1Br. The van der Waals surface area contributed by atoms with Crippen molar-refractivity contribution in [3.8, 4) is 5.75 Å². The molecule has 0 aliphatic rings. The van der Waals surface area contributed by atoms with Crippen molar-refractivity contribution in [2.45, 2.75) is 13.0 Å². The molecule has 3 nitrogen and oxygen atoms in total. The van der Waals surface area contributed by atoms with Crippen molar-refractivity contribution >= 4 is 37.5 Å². The molecule has 2 rings (SSSR count). The van der Waals surface area contributed by atoms with Crippen LogP contribution in [0.3, 0.4) is 0 Å². The molecule has 0 fully saturated rings. The number of aliphatic hydroxyl groups is 1. The van der Waals surface area contributed by atoms with E-state index in [4.69, 9.17) is 4.74 Å². The minimum atomic E-state index is -0.572. The van der Waals surface area contributed by atoms with Gasteiger partial charge in [0, 0.05) is 21.2 Å². The first-order chi connectivity index (χ1) is 10.0. The normalized spacial score (nSPS) is 12.0. The van der Waals surface area contributed by atoms with Crippen molar-refractivity contribution in [1.82, 2.24) is 0 Å². The van der Waals surface area contributed by atoms with Crippen LogP contribution in [0.25, 0.3) is 0 Å². The molecule has 2 N–H and O–H groups in total. The maximum absolute atomic E-state index is 9.94. The summed E-state index contributed by atoms with van der Waals surface area (Å²) in [4.78, 5) is 0. The van der Waals surface area contributed by atoms with E-state index in [-0.39, 0.29) is 6.61 Å². The fourth-order valence-electron chi connectivity index (χ4n) is 1.77. The molecule has 0 spiro atoms. The van der Waals surface area contributed by atoms with Gasteiger partial charge in [0.05, 0.1) is 0 Å². The third-order valence-electron chi connectivity index (χ3n) is 2.96. The molecular weight excluding hydrogens is 398 g/mol. The van der Waals surface area contributed by atoms with Crippen molar-refractivity contribution in [3.63, 3.8) is 0 Å². The van der Waals surface area contributed by atoms with E-state index in [1.165, 1.54) is 0 Å². The summed E-state index contributed by atoms with van der Waals surface area (Å²) < 4.78 is 7.61. The van der Waals surface area contributed by atoms with Gasteiger partial charge in [0.15, 0.2) is 0 Å². The van der Waals surface area contributed by atoms with E-state index in [0.717, 1.165) is 25.9 Å². The third-order valence-corrected chi connectivity index (χ3v) is 4.37. The lowest BCUT2D eigenvalue weighted by molar-refractivity contribution is 0.117. The molecule has 112 valence electrons. The average molecular weight is 415 g/mol. The number of nitrogens with one attached hydrogen (secondary N) is 1. The Kier molecular flexibility index (Phi) is 6.08. The maximum atomic E-state index is 9.94. The Labute approximate surface area is 141 Å². The van der Waals surface area contributed by atoms with Crippen LogP contribution in [0.5, 0.6) is 5.75 Å². The molecule has 0 amide bonds. The van der Waals surface area contributed by atoms with Crippen LogP contribution in [0.15, 0.2) is 51.4 Å². The van der Waals surface area contributed by atoms with Crippen LogP contribution < -0.4 is 10.1 Å². The highest BCUT2D eigenvalue weighted by Crippen LogP contribution is 2.20. The highest BCUT2D eigenvalue weighted by Gasteiger charge is 2.06. The standard InChI is InChI=1S/C16H17Br2NO2/c1-11-8-13(4-7-16(11)18)19-9-14(20)10-21-15-5-2-12(17)3-6-15/h2-8,14,19-20H,9-10H2,1H3. The smallest absolute Gasteiger partial charge is 0.119 e. The van der Waals surface area contributed by atoms with E-state index in [0.29, 0.717) is 6.54 Å². The van der Waals surface area contributed by atoms with Gasteiger partial charge in [-0.1, -0.05) is 31.9 Å². The molecule has 0 bridgehead atoms. The second-order valence-corrected chi connectivity index (χ2v) is 6.53. The number of benzene rings is 2. The van der Waals surface area contributed by atoms with E-state index in [9.17, 15) is 5.11 Å². The Hall–Kier alpha value is -1.04. The number of halogens is 2. The molecule has 5 heteroatoms. The number of anilines is 1. The van der Waals surface area contributed by atoms with E-state index in [1.807, 2.05) is 49.4 Å². The molecule has 21 heavy (non-hydrogen) atoms. The van der Waals surface area contributed by atoms with Gasteiger partial charge in [-0.3, -0.25) is 0 Å². The monoisotopic (exact) mass is 413 g/mol. The molecule has 1 unspecified atom stereocenters. The van der Waals surface area contributed by atoms with Gasteiger partial charge in [-0.2, -0.15) is 0 Å². The Morgan fingerprint density at radius 2 is 1.86 bits per heavy atom. The van der Waals surface area contributed by atoms with E-state index >= 15 is 0 Å². The van der Waals surface area contributed by atoms with Crippen LogP contribution in [0, 0.1) is 6.92 Å². The molecule has 1 atom stereocenters. The van der Waals surface area contributed by atoms with E-state index < -0.39 is 6.10 Å². The zero-order chi connectivity index (χ0) is 15.2. The number of hydrogen-bond acceptors (Lipinski definition) is 3. The Bertz CT molecular complexity index is 587. The first-order valence-electron chi connectivity index (χ1n) is 6.61. The second-order valence-electron chi connectivity index (χ2n) is 4.76. The van der Waals surface area contributed by atoms with Crippen molar-refractivity contribution < 1.29 is 9.84 Å². The lowest BCUT2D eigenvalue weighted by Gasteiger charge is -2.14. The van der Waals surface area contributed by atoms with Crippen molar-refractivity contribution in [2.75, 3.05) is 18.5 Å². The van der Waals surface area contributed by atoms with Crippen LogP contribution in [0.4, 0.5) is 5.69 Å². The number of rotatable bonds is 6. The van der Waals surface area contributed by atoms with E-state index in [2.05, 4.69) is 37.2 Å². The van der Waals surface area contributed by atoms with Crippen LogP contribution >= 0.6 is 31.9 Å². The van der Waals surface area contributed by atoms with Gasteiger partial charge in [0.1, 0.15) is 18.5 Å². The second kappa shape index (κ2) is 7.82. The van der Waals surface area contributed by atoms with Crippen molar-refractivity contribution in [3.05, 3.63) is 57.0 Å². The molecule has 0 saturated carbocycles. The summed E-state index contributed by atoms with van der Waals surface area (Å²) in [5.41, 5.74) is 2.14. The minimum Gasteiger partial charge on any atom is -0.491 e. The first kappa shape index (κ1) is 16.3. The lowest BCUT2D eigenvalue weighted by Crippen LogP contribution is -2.26. The Morgan fingerprint density at radius 3 is 2.52 bits per heavy atom. The van der Waals surface area contributed by atoms with Gasteiger partial charge in [-0.05, 0) is 55.0 Å². The Morgan fingerprint density at radius 1 is 1.14 bits per heavy atom.